The molecule has 0 amide bonds. The lowest BCUT2D eigenvalue weighted by atomic mass is 9.82. The summed E-state index contributed by atoms with van der Waals surface area (Å²) in [5.74, 6) is 1.03. The van der Waals surface area contributed by atoms with Crippen LogP contribution in [0.4, 0.5) is 0 Å². The average molecular weight is 341 g/mol. The summed E-state index contributed by atoms with van der Waals surface area (Å²) in [6.45, 7) is 20.4. The van der Waals surface area contributed by atoms with Gasteiger partial charge in [-0.05, 0) is 48.5 Å². The third-order valence-corrected chi connectivity index (χ3v) is 6.85. The maximum absolute atomic E-state index is 6.19. The van der Waals surface area contributed by atoms with Crippen LogP contribution in [0, 0.1) is 6.92 Å². The summed E-state index contributed by atoms with van der Waals surface area (Å²) in [5.41, 5.74) is 6.73. The van der Waals surface area contributed by atoms with E-state index in [0.29, 0.717) is 6.61 Å². The summed E-state index contributed by atoms with van der Waals surface area (Å²) in [6.07, 6.45) is 5.35. The molecular weight excluding hydrogens is 308 g/mol. The number of aryl methyl sites for hydroxylation is 1. The Morgan fingerprint density at radius 2 is 1.88 bits per heavy atom. The molecule has 0 saturated heterocycles. The monoisotopic (exact) mass is 340 g/mol. The molecule has 0 bridgehead atoms. The Kier molecular flexibility index (Phi) is 5.59. The molecule has 1 aliphatic carbocycles. The van der Waals surface area contributed by atoms with E-state index >= 15 is 0 Å². The van der Waals surface area contributed by atoms with E-state index in [2.05, 4.69) is 72.5 Å². The summed E-state index contributed by atoms with van der Waals surface area (Å²) in [4.78, 5) is 0. The standard InChI is InChI=1S/C22H32OSi/c1-9-12-23-21-18(13-15(2)14-19(21)22(4,5)6)17-10-11-20(16(17)3)24(7)8/h9-10,13-14,24H,1,11-12H2,2-8H3. The zero-order valence-corrected chi connectivity index (χ0v) is 17.6. The first kappa shape index (κ1) is 18.8. The summed E-state index contributed by atoms with van der Waals surface area (Å²) in [6, 6.07) is 4.56. The lowest BCUT2D eigenvalue weighted by Crippen LogP contribution is -2.15. The second-order valence-electron chi connectivity index (χ2n) is 8.17. The third-order valence-electron chi connectivity index (χ3n) is 4.79. The van der Waals surface area contributed by atoms with Gasteiger partial charge in [-0.2, -0.15) is 0 Å². The minimum atomic E-state index is -0.768. The highest BCUT2D eigenvalue weighted by atomic mass is 28.3. The second-order valence-corrected chi connectivity index (χ2v) is 11.2. The number of allylic oxidation sites excluding steroid dienone is 4. The predicted molar refractivity (Wildman–Crippen MR) is 110 cm³/mol. The molecule has 0 fully saturated rings. The molecule has 1 aromatic carbocycles. The zero-order chi connectivity index (χ0) is 18.1. The summed E-state index contributed by atoms with van der Waals surface area (Å²) < 4.78 is 6.19. The van der Waals surface area contributed by atoms with Crippen LogP contribution in [0.3, 0.4) is 0 Å². The average Bonchev–Trinajstić information content (AvgIpc) is 2.86. The van der Waals surface area contributed by atoms with E-state index in [1.165, 1.54) is 27.8 Å². The molecular formula is C22H32OSi. The predicted octanol–water partition coefficient (Wildman–Crippen LogP) is 5.99. The van der Waals surface area contributed by atoms with Gasteiger partial charge in [-0.15, -0.1) is 0 Å². The highest BCUT2D eigenvalue weighted by Gasteiger charge is 2.26. The molecule has 0 unspecified atom stereocenters. The number of ether oxygens (including phenoxy) is 1. The Labute approximate surface area is 149 Å². The fourth-order valence-electron chi connectivity index (χ4n) is 3.50. The van der Waals surface area contributed by atoms with E-state index in [9.17, 15) is 0 Å². The van der Waals surface area contributed by atoms with Gasteiger partial charge >= 0.3 is 0 Å². The minimum absolute atomic E-state index is 0.0453. The van der Waals surface area contributed by atoms with Crippen molar-refractivity contribution < 1.29 is 4.74 Å². The van der Waals surface area contributed by atoms with Crippen molar-refractivity contribution in [2.45, 2.75) is 59.5 Å². The van der Waals surface area contributed by atoms with Gasteiger partial charge in [-0.25, -0.2) is 0 Å². The van der Waals surface area contributed by atoms with Gasteiger partial charge in [0.05, 0.1) is 8.80 Å². The van der Waals surface area contributed by atoms with Gasteiger partial charge < -0.3 is 4.74 Å². The van der Waals surface area contributed by atoms with E-state index in [0.717, 1.165) is 12.2 Å². The first-order valence-corrected chi connectivity index (χ1v) is 11.8. The molecule has 0 N–H and O–H groups in total. The second kappa shape index (κ2) is 7.14. The summed E-state index contributed by atoms with van der Waals surface area (Å²) >= 11 is 0. The van der Waals surface area contributed by atoms with E-state index in [-0.39, 0.29) is 5.41 Å². The molecule has 1 aromatic rings. The third kappa shape index (κ3) is 3.75. The fourth-order valence-corrected chi connectivity index (χ4v) is 5.11. The summed E-state index contributed by atoms with van der Waals surface area (Å²) in [5, 5.41) is 1.68. The number of hydrogen-bond acceptors (Lipinski definition) is 1. The minimum Gasteiger partial charge on any atom is -0.489 e. The normalized spacial score (nSPS) is 15.1. The SMILES string of the molecule is C=CCOc1c(C2=CCC([SiH](C)C)=C2C)cc(C)cc1C(C)(C)C. The van der Waals surface area contributed by atoms with Crippen LogP contribution < -0.4 is 4.74 Å². The molecule has 1 nitrogen and oxygen atoms in total. The van der Waals surface area contributed by atoms with E-state index in [4.69, 9.17) is 4.74 Å². The van der Waals surface area contributed by atoms with Crippen molar-refractivity contribution in [1.29, 1.82) is 0 Å². The van der Waals surface area contributed by atoms with Gasteiger partial charge in [0, 0.05) is 11.1 Å². The van der Waals surface area contributed by atoms with Gasteiger partial charge in [-0.3, -0.25) is 0 Å². The van der Waals surface area contributed by atoms with Crippen molar-refractivity contribution in [1.82, 2.24) is 0 Å². The molecule has 1 aliphatic rings. The highest BCUT2D eigenvalue weighted by Crippen LogP contribution is 2.43. The number of hydrogen-bond donors (Lipinski definition) is 0. The molecule has 0 aromatic heterocycles. The quantitative estimate of drug-likeness (QED) is 0.473. The maximum atomic E-state index is 6.19. The highest BCUT2D eigenvalue weighted by molar-refractivity contribution is 6.64. The lowest BCUT2D eigenvalue weighted by Gasteiger charge is -2.26. The molecule has 2 heteroatoms. The molecule has 0 radical (unpaired) electrons. The first-order chi connectivity index (χ1) is 11.2. The molecule has 0 heterocycles. The van der Waals surface area contributed by atoms with Crippen LogP contribution in [0.25, 0.3) is 5.57 Å². The summed E-state index contributed by atoms with van der Waals surface area (Å²) in [7, 11) is -0.768. The number of benzene rings is 1. The van der Waals surface area contributed by atoms with E-state index in [1.54, 1.807) is 5.20 Å². The molecule has 2 rings (SSSR count). The van der Waals surface area contributed by atoms with Crippen molar-refractivity contribution in [3.63, 3.8) is 0 Å². The fraction of sp³-hybridized carbons (Fsp3) is 0.455. The van der Waals surface area contributed by atoms with Crippen LogP contribution in [-0.2, 0) is 5.41 Å². The van der Waals surface area contributed by atoms with Gasteiger partial charge in [0.15, 0.2) is 0 Å². The zero-order valence-electron chi connectivity index (χ0n) is 16.4. The Morgan fingerprint density at radius 3 is 2.38 bits per heavy atom. The van der Waals surface area contributed by atoms with Crippen molar-refractivity contribution >= 4 is 14.4 Å². The largest absolute Gasteiger partial charge is 0.489 e. The topological polar surface area (TPSA) is 9.23 Å². The smallest absolute Gasteiger partial charge is 0.131 e. The van der Waals surface area contributed by atoms with Crippen LogP contribution >= 0.6 is 0 Å². The van der Waals surface area contributed by atoms with Crippen molar-refractivity contribution in [3.8, 4) is 5.75 Å². The Morgan fingerprint density at radius 1 is 1.21 bits per heavy atom. The van der Waals surface area contributed by atoms with E-state index < -0.39 is 8.80 Å². The lowest BCUT2D eigenvalue weighted by molar-refractivity contribution is 0.350. The molecule has 0 saturated carbocycles. The first-order valence-electron chi connectivity index (χ1n) is 8.96. The van der Waals surface area contributed by atoms with Crippen molar-refractivity contribution in [2.24, 2.45) is 0 Å². The molecule has 24 heavy (non-hydrogen) atoms. The molecule has 0 atom stereocenters. The Balaban J connectivity index is 2.66. The molecule has 130 valence electrons. The van der Waals surface area contributed by atoms with Crippen LogP contribution in [-0.4, -0.2) is 15.4 Å². The molecule has 0 spiro atoms. The Hall–Kier alpha value is -1.54. The number of rotatable bonds is 5. The van der Waals surface area contributed by atoms with Gasteiger partial charge in [0.1, 0.15) is 12.4 Å². The molecule has 0 aliphatic heterocycles. The van der Waals surface area contributed by atoms with Crippen LogP contribution in [0.5, 0.6) is 5.75 Å². The van der Waals surface area contributed by atoms with Gasteiger partial charge in [-0.1, -0.05) is 63.9 Å². The van der Waals surface area contributed by atoms with Crippen LogP contribution in [0.2, 0.25) is 13.1 Å². The maximum Gasteiger partial charge on any atom is 0.131 e. The van der Waals surface area contributed by atoms with Crippen LogP contribution in [0.15, 0.2) is 41.6 Å². The van der Waals surface area contributed by atoms with Crippen LogP contribution in [0.1, 0.15) is 50.8 Å². The van der Waals surface area contributed by atoms with Crippen molar-refractivity contribution in [2.75, 3.05) is 6.61 Å². The van der Waals surface area contributed by atoms with E-state index in [1.807, 2.05) is 6.08 Å². The Bertz CT molecular complexity index is 699. The van der Waals surface area contributed by atoms with Gasteiger partial charge in [0.2, 0.25) is 0 Å². The van der Waals surface area contributed by atoms with Crippen molar-refractivity contribution in [3.05, 3.63) is 58.3 Å². The van der Waals surface area contributed by atoms with Gasteiger partial charge in [0.25, 0.3) is 0 Å².